The molecule has 0 saturated heterocycles. The van der Waals surface area contributed by atoms with Gasteiger partial charge >= 0.3 is 0 Å². The molecule has 2 amide bonds. The third kappa shape index (κ3) is 5.87. The number of aromatic nitrogens is 2. The van der Waals surface area contributed by atoms with Crippen molar-refractivity contribution >= 4 is 17.5 Å². The lowest BCUT2D eigenvalue weighted by molar-refractivity contribution is 0.0950. The van der Waals surface area contributed by atoms with E-state index in [0.717, 1.165) is 11.4 Å². The minimum atomic E-state index is -0.401. The second kappa shape index (κ2) is 9.45. The highest BCUT2D eigenvalue weighted by molar-refractivity contribution is 6.04. The maximum absolute atomic E-state index is 12.5. The average Bonchev–Trinajstić information content (AvgIpc) is 2.74. The Bertz CT molecular complexity index is 973. The molecule has 0 atom stereocenters. The first-order chi connectivity index (χ1) is 14.0. The van der Waals surface area contributed by atoms with Gasteiger partial charge in [-0.3, -0.25) is 19.6 Å². The maximum atomic E-state index is 12.5. The number of anilines is 1. The summed E-state index contributed by atoms with van der Waals surface area (Å²) in [5.74, 6) is 0.0203. The number of carbonyl (C=O) groups is 2. The molecular weight excluding hydrogens is 368 g/mol. The summed E-state index contributed by atoms with van der Waals surface area (Å²) in [6.45, 7) is 4.19. The predicted molar refractivity (Wildman–Crippen MR) is 110 cm³/mol. The Morgan fingerprint density at radius 3 is 2.45 bits per heavy atom. The van der Waals surface area contributed by atoms with Crippen LogP contribution in [0.25, 0.3) is 0 Å². The topological polar surface area (TPSA) is 93.2 Å². The van der Waals surface area contributed by atoms with Crippen molar-refractivity contribution in [3.05, 3.63) is 83.9 Å². The van der Waals surface area contributed by atoms with Crippen LogP contribution in [-0.4, -0.2) is 27.9 Å². The van der Waals surface area contributed by atoms with Crippen LogP contribution in [0.2, 0.25) is 0 Å². The standard InChI is InChI=1S/C22H22N4O3/c1-15(2)29-19-8-6-17(7-9-19)26-22(28)20-13-16(10-12-24-20)21(27)25-14-18-5-3-4-11-23-18/h3-13,15H,14H2,1-2H3,(H,25,27)(H,26,28). The van der Waals surface area contributed by atoms with Crippen molar-refractivity contribution in [2.75, 3.05) is 5.32 Å². The van der Waals surface area contributed by atoms with Gasteiger partial charge in [0.2, 0.25) is 0 Å². The summed E-state index contributed by atoms with van der Waals surface area (Å²) in [6, 6.07) is 15.6. The van der Waals surface area contributed by atoms with Gasteiger partial charge in [0.25, 0.3) is 11.8 Å². The average molecular weight is 390 g/mol. The first-order valence-electron chi connectivity index (χ1n) is 9.23. The first kappa shape index (κ1) is 20.0. The minimum absolute atomic E-state index is 0.0752. The number of pyridine rings is 2. The molecule has 1 aromatic carbocycles. The molecule has 0 saturated carbocycles. The van der Waals surface area contributed by atoms with E-state index in [1.807, 2.05) is 32.0 Å². The summed E-state index contributed by atoms with van der Waals surface area (Å²) in [5.41, 5.74) is 1.86. The van der Waals surface area contributed by atoms with Gasteiger partial charge in [0.15, 0.2) is 0 Å². The summed E-state index contributed by atoms with van der Waals surface area (Å²) >= 11 is 0. The molecule has 0 radical (unpaired) electrons. The lowest BCUT2D eigenvalue weighted by Gasteiger charge is -2.11. The number of hydrogen-bond acceptors (Lipinski definition) is 5. The fourth-order valence-electron chi connectivity index (χ4n) is 2.56. The van der Waals surface area contributed by atoms with Gasteiger partial charge in [0.05, 0.1) is 18.3 Å². The summed E-state index contributed by atoms with van der Waals surface area (Å²) < 4.78 is 5.58. The smallest absolute Gasteiger partial charge is 0.274 e. The molecule has 0 bridgehead atoms. The Balaban J connectivity index is 1.62. The van der Waals surface area contributed by atoms with Gasteiger partial charge in [-0.15, -0.1) is 0 Å². The molecule has 7 heteroatoms. The van der Waals surface area contributed by atoms with Gasteiger partial charge in [0, 0.05) is 23.6 Å². The van der Waals surface area contributed by atoms with E-state index in [-0.39, 0.29) is 17.7 Å². The van der Waals surface area contributed by atoms with Crippen molar-refractivity contribution in [1.82, 2.24) is 15.3 Å². The number of benzene rings is 1. The summed E-state index contributed by atoms with van der Waals surface area (Å²) in [4.78, 5) is 33.1. The monoisotopic (exact) mass is 390 g/mol. The minimum Gasteiger partial charge on any atom is -0.491 e. The van der Waals surface area contributed by atoms with Crippen LogP contribution in [0.1, 0.15) is 40.4 Å². The zero-order chi connectivity index (χ0) is 20.6. The highest BCUT2D eigenvalue weighted by Crippen LogP contribution is 2.17. The fourth-order valence-corrected chi connectivity index (χ4v) is 2.56. The largest absolute Gasteiger partial charge is 0.491 e. The first-order valence-corrected chi connectivity index (χ1v) is 9.23. The molecule has 3 aromatic rings. The number of hydrogen-bond donors (Lipinski definition) is 2. The van der Waals surface area contributed by atoms with Crippen LogP contribution in [-0.2, 0) is 6.54 Å². The Hall–Kier alpha value is -3.74. The highest BCUT2D eigenvalue weighted by atomic mass is 16.5. The fraction of sp³-hybridized carbons (Fsp3) is 0.182. The van der Waals surface area contributed by atoms with E-state index in [1.54, 1.807) is 36.5 Å². The highest BCUT2D eigenvalue weighted by Gasteiger charge is 2.12. The molecule has 0 aliphatic heterocycles. The van der Waals surface area contributed by atoms with E-state index < -0.39 is 5.91 Å². The summed E-state index contributed by atoms with van der Waals surface area (Å²) in [6.07, 6.45) is 3.17. The zero-order valence-corrected chi connectivity index (χ0v) is 16.3. The van der Waals surface area contributed by atoms with Gasteiger partial charge in [-0.1, -0.05) is 6.07 Å². The molecule has 148 valence electrons. The van der Waals surface area contributed by atoms with E-state index in [2.05, 4.69) is 20.6 Å². The molecular formula is C22H22N4O3. The third-order valence-corrected chi connectivity index (χ3v) is 3.89. The number of rotatable bonds is 7. The van der Waals surface area contributed by atoms with Crippen LogP contribution in [0.4, 0.5) is 5.69 Å². The molecule has 0 fully saturated rings. The molecule has 0 aliphatic rings. The van der Waals surface area contributed by atoms with Crippen LogP contribution < -0.4 is 15.4 Å². The Kier molecular flexibility index (Phi) is 6.52. The van der Waals surface area contributed by atoms with Crippen LogP contribution in [0, 0.1) is 0 Å². The van der Waals surface area contributed by atoms with Crippen molar-refractivity contribution in [3.8, 4) is 5.75 Å². The van der Waals surface area contributed by atoms with Crippen molar-refractivity contribution in [2.24, 2.45) is 0 Å². The van der Waals surface area contributed by atoms with E-state index >= 15 is 0 Å². The van der Waals surface area contributed by atoms with Gasteiger partial charge in [-0.2, -0.15) is 0 Å². The number of nitrogens with one attached hydrogen (secondary N) is 2. The third-order valence-electron chi connectivity index (χ3n) is 3.89. The second-order valence-electron chi connectivity index (χ2n) is 6.58. The molecule has 3 rings (SSSR count). The lowest BCUT2D eigenvalue weighted by Crippen LogP contribution is -2.24. The van der Waals surface area contributed by atoms with Crippen molar-refractivity contribution in [1.29, 1.82) is 0 Å². The molecule has 7 nitrogen and oxygen atoms in total. The Morgan fingerprint density at radius 1 is 0.966 bits per heavy atom. The van der Waals surface area contributed by atoms with E-state index in [9.17, 15) is 9.59 Å². The predicted octanol–water partition coefficient (Wildman–Crippen LogP) is 3.45. The van der Waals surface area contributed by atoms with Crippen molar-refractivity contribution < 1.29 is 14.3 Å². The zero-order valence-electron chi connectivity index (χ0n) is 16.3. The molecule has 29 heavy (non-hydrogen) atoms. The number of carbonyl (C=O) groups excluding carboxylic acids is 2. The molecule has 2 N–H and O–H groups in total. The molecule has 0 unspecified atom stereocenters. The van der Waals surface area contributed by atoms with Crippen LogP contribution in [0.3, 0.4) is 0 Å². The van der Waals surface area contributed by atoms with Gasteiger partial charge < -0.3 is 15.4 Å². The van der Waals surface area contributed by atoms with Gasteiger partial charge in [-0.25, -0.2) is 0 Å². The second-order valence-corrected chi connectivity index (χ2v) is 6.58. The van der Waals surface area contributed by atoms with Crippen LogP contribution in [0.15, 0.2) is 67.0 Å². The molecule has 0 spiro atoms. The van der Waals surface area contributed by atoms with Crippen molar-refractivity contribution in [3.63, 3.8) is 0 Å². The normalized spacial score (nSPS) is 10.4. The number of nitrogens with zero attached hydrogens (tertiary/aromatic N) is 2. The molecule has 0 aliphatic carbocycles. The van der Waals surface area contributed by atoms with Crippen LogP contribution in [0.5, 0.6) is 5.75 Å². The molecule has 2 heterocycles. The van der Waals surface area contributed by atoms with Crippen LogP contribution >= 0.6 is 0 Å². The SMILES string of the molecule is CC(C)Oc1ccc(NC(=O)c2cc(C(=O)NCc3ccccn3)ccn2)cc1. The van der Waals surface area contributed by atoms with Crippen molar-refractivity contribution in [2.45, 2.75) is 26.5 Å². The summed E-state index contributed by atoms with van der Waals surface area (Å²) in [5, 5.41) is 5.54. The van der Waals surface area contributed by atoms with E-state index in [4.69, 9.17) is 4.74 Å². The van der Waals surface area contributed by atoms with E-state index in [0.29, 0.717) is 17.8 Å². The Morgan fingerprint density at radius 2 is 1.76 bits per heavy atom. The van der Waals surface area contributed by atoms with Gasteiger partial charge in [0.1, 0.15) is 11.4 Å². The Labute approximate surface area is 169 Å². The maximum Gasteiger partial charge on any atom is 0.274 e. The number of ether oxygens (including phenoxy) is 1. The molecule has 2 aromatic heterocycles. The van der Waals surface area contributed by atoms with Gasteiger partial charge in [-0.05, 0) is 62.4 Å². The quantitative estimate of drug-likeness (QED) is 0.645. The summed E-state index contributed by atoms with van der Waals surface area (Å²) in [7, 11) is 0. The lowest BCUT2D eigenvalue weighted by atomic mass is 10.2. The van der Waals surface area contributed by atoms with E-state index in [1.165, 1.54) is 12.3 Å². The number of amides is 2.